The molecule has 0 amide bonds. The molecule has 0 aliphatic heterocycles. The highest BCUT2D eigenvalue weighted by molar-refractivity contribution is 7.26. The maximum atomic E-state index is 2.49. The van der Waals surface area contributed by atoms with Crippen LogP contribution in [0.1, 0.15) is 0 Å². The van der Waals surface area contributed by atoms with E-state index in [-0.39, 0.29) is 0 Å². The van der Waals surface area contributed by atoms with Crippen LogP contribution in [0.15, 0.2) is 200 Å². The number of fused-ring (bicyclic) bond motifs is 6. The predicted octanol–water partition coefficient (Wildman–Crippen LogP) is 14.1. The first kappa shape index (κ1) is 30.2. The molecule has 10 rings (SSSR count). The Bertz CT molecular complexity index is 2710. The highest BCUT2D eigenvalue weighted by Crippen LogP contribution is 2.50. The molecule has 246 valence electrons. The van der Waals surface area contributed by atoms with E-state index in [2.05, 4.69) is 215 Å². The minimum atomic E-state index is 1.11. The minimum absolute atomic E-state index is 1.11. The first-order chi connectivity index (χ1) is 25.8. The quantitative estimate of drug-likeness (QED) is 0.166. The molecule has 0 bridgehead atoms. The molecule has 0 spiro atoms. The lowest BCUT2D eigenvalue weighted by atomic mass is 10.0. The Balaban J connectivity index is 1.36. The molecule has 2 aromatic heterocycles. The summed E-state index contributed by atoms with van der Waals surface area (Å²) in [5.41, 5.74) is 10.3. The maximum Gasteiger partial charge on any atom is 0.0576 e. The van der Waals surface area contributed by atoms with Crippen LogP contribution in [0, 0.1) is 0 Å². The van der Waals surface area contributed by atoms with Crippen LogP contribution in [-0.2, 0) is 0 Å². The van der Waals surface area contributed by atoms with Gasteiger partial charge >= 0.3 is 0 Å². The summed E-state index contributed by atoms with van der Waals surface area (Å²) in [5, 5.41) is 4.97. The van der Waals surface area contributed by atoms with Crippen molar-refractivity contribution < 1.29 is 0 Å². The molecule has 0 saturated heterocycles. The molecule has 0 N–H and O–H groups in total. The van der Waals surface area contributed by atoms with Crippen molar-refractivity contribution in [2.45, 2.75) is 0 Å². The topological polar surface area (TPSA) is 11.4 Å². The number of thiophene rings is 1. The Morgan fingerprint density at radius 3 is 1.33 bits per heavy atom. The van der Waals surface area contributed by atoms with Gasteiger partial charge in [-0.15, -0.1) is 11.3 Å². The fourth-order valence-corrected chi connectivity index (χ4v) is 8.93. The number of hydrogen-bond donors (Lipinski definition) is 0. The van der Waals surface area contributed by atoms with Gasteiger partial charge in [-0.1, -0.05) is 115 Å². The zero-order valence-electron chi connectivity index (χ0n) is 28.3. The molecule has 0 radical (unpaired) electrons. The standard InChI is InChI=1S/C48H33N3S/c1-5-18-34(19-6-1)49(35-20-7-2-8-21-35)38-32-44(51-41-28-15-13-26-39(41)40-27-14-16-29-42(40)51)48-46(33-38)52-45-31-17-30-43(47(45)48)50(36-22-9-3-10-23-36)37-24-11-4-12-25-37/h1-33H. The Morgan fingerprint density at radius 2 is 0.808 bits per heavy atom. The Kier molecular flexibility index (Phi) is 7.33. The Labute approximate surface area is 306 Å². The molecule has 0 saturated carbocycles. The van der Waals surface area contributed by atoms with Crippen molar-refractivity contribution in [3.63, 3.8) is 0 Å². The summed E-state index contributed by atoms with van der Waals surface area (Å²) in [6, 6.07) is 72.0. The van der Waals surface area contributed by atoms with E-state index in [9.17, 15) is 0 Å². The number of anilines is 6. The first-order valence-electron chi connectivity index (χ1n) is 17.6. The van der Waals surface area contributed by atoms with Crippen molar-refractivity contribution in [2.24, 2.45) is 0 Å². The average molecular weight is 684 g/mol. The van der Waals surface area contributed by atoms with Gasteiger partial charge in [-0.2, -0.15) is 0 Å². The van der Waals surface area contributed by atoms with Gasteiger partial charge in [-0.3, -0.25) is 0 Å². The van der Waals surface area contributed by atoms with Gasteiger partial charge in [0.05, 0.1) is 22.4 Å². The SMILES string of the molecule is c1ccc(N(c2ccccc2)c2cc(-n3c4ccccc4c4ccccc43)c3c(c2)sc2cccc(N(c4ccccc4)c4ccccc4)c23)cc1. The molecular weight excluding hydrogens is 651 g/mol. The predicted molar refractivity (Wildman–Crippen MR) is 223 cm³/mol. The lowest BCUT2D eigenvalue weighted by Gasteiger charge is -2.27. The van der Waals surface area contributed by atoms with Crippen molar-refractivity contribution in [3.05, 3.63) is 200 Å². The molecule has 8 aromatic carbocycles. The molecule has 0 aliphatic rings. The third kappa shape index (κ3) is 4.96. The summed E-state index contributed by atoms with van der Waals surface area (Å²) in [4.78, 5) is 4.78. The normalized spacial score (nSPS) is 11.5. The number of hydrogen-bond acceptors (Lipinski definition) is 3. The van der Waals surface area contributed by atoms with E-state index in [4.69, 9.17) is 0 Å². The van der Waals surface area contributed by atoms with Gasteiger partial charge in [0.1, 0.15) is 0 Å². The van der Waals surface area contributed by atoms with Gasteiger partial charge in [-0.25, -0.2) is 0 Å². The van der Waals surface area contributed by atoms with Gasteiger partial charge in [0.15, 0.2) is 0 Å². The Hall–Kier alpha value is -6.62. The van der Waals surface area contributed by atoms with E-state index in [1.165, 1.54) is 42.0 Å². The summed E-state index contributed by atoms with van der Waals surface area (Å²) in [7, 11) is 0. The fourth-order valence-electron chi connectivity index (χ4n) is 7.75. The fraction of sp³-hybridized carbons (Fsp3) is 0. The van der Waals surface area contributed by atoms with Crippen LogP contribution in [-0.4, -0.2) is 4.57 Å². The minimum Gasteiger partial charge on any atom is -0.310 e. The molecule has 2 heterocycles. The van der Waals surface area contributed by atoms with Gasteiger partial charge < -0.3 is 14.4 Å². The van der Waals surface area contributed by atoms with Gasteiger partial charge in [0.25, 0.3) is 0 Å². The smallest absolute Gasteiger partial charge is 0.0576 e. The van der Waals surface area contributed by atoms with Gasteiger partial charge in [0.2, 0.25) is 0 Å². The van der Waals surface area contributed by atoms with E-state index in [0.717, 1.165) is 39.8 Å². The van der Waals surface area contributed by atoms with Crippen molar-refractivity contribution >= 4 is 87.4 Å². The van der Waals surface area contributed by atoms with Crippen LogP contribution < -0.4 is 9.80 Å². The zero-order chi connectivity index (χ0) is 34.4. The number of aromatic nitrogens is 1. The first-order valence-corrected chi connectivity index (χ1v) is 18.4. The second kappa shape index (κ2) is 12.6. The van der Waals surface area contributed by atoms with E-state index in [0.29, 0.717) is 0 Å². The number of nitrogens with zero attached hydrogens (tertiary/aromatic N) is 3. The highest BCUT2D eigenvalue weighted by Gasteiger charge is 2.24. The van der Waals surface area contributed by atoms with Crippen molar-refractivity contribution in [1.29, 1.82) is 0 Å². The monoisotopic (exact) mass is 683 g/mol. The molecule has 0 unspecified atom stereocenters. The molecule has 0 aliphatic carbocycles. The van der Waals surface area contributed by atoms with Crippen molar-refractivity contribution in [3.8, 4) is 5.69 Å². The molecule has 0 atom stereocenters. The van der Waals surface area contributed by atoms with Crippen LogP contribution in [0.5, 0.6) is 0 Å². The van der Waals surface area contributed by atoms with Crippen LogP contribution in [0.25, 0.3) is 47.7 Å². The van der Waals surface area contributed by atoms with Crippen molar-refractivity contribution in [1.82, 2.24) is 4.57 Å². The summed E-state index contributed by atoms with van der Waals surface area (Å²) in [6.45, 7) is 0. The molecule has 4 heteroatoms. The summed E-state index contributed by atoms with van der Waals surface area (Å²) >= 11 is 1.86. The largest absolute Gasteiger partial charge is 0.310 e. The number of benzene rings is 8. The van der Waals surface area contributed by atoms with Crippen LogP contribution in [0.4, 0.5) is 34.1 Å². The Morgan fingerprint density at radius 1 is 0.346 bits per heavy atom. The van der Waals surface area contributed by atoms with Crippen LogP contribution in [0.2, 0.25) is 0 Å². The third-order valence-corrected chi connectivity index (χ3v) is 11.0. The molecular formula is C48H33N3S. The molecule has 52 heavy (non-hydrogen) atoms. The second-order valence-corrected chi connectivity index (χ2v) is 14.1. The third-order valence-electron chi connectivity index (χ3n) is 9.92. The average Bonchev–Trinajstić information content (AvgIpc) is 3.76. The summed E-state index contributed by atoms with van der Waals surface area (Å²) < 4.78 is 4.97. The van der Waals surface area contributed by atoms with Crippen LogP contribution in [0.3, 0.4) is 0 Å². The lowest BCUT2D eigenvalue weighted by molar-refractivity contribution is 1.19. The van der Waals surface area contributed by atoms with Gasteiger partial charge in [0, 0.05) is 59.4 Å². The highest BCUT2D eigenvalue weighted by atomic mass is 32.1. The van der Waals surface area contributed by atoms with E-state index >= 15 is 0 Å². The summed E-state index contributed by atoms with van der Waals surface area (Å²) in [5.74, 6) is 0. The zero-order valence-corrected chi connectivity index (χ0v) is 29.1. The van der Waals surface area contributed by atoms with E-state index < -0.39 is 0 Å². The molecule has 3 nitrogen and oxygen atoms in total. The molecule has 0 fully saturated rings. The lowest BCUT2D eigenvalue weighted by Crippen LogP contribution is -2.11. The number of rotatable bonds is 7. The summed E-state index contributed by atoms with van der Waals surface area (Å²) in [6.07, 6.45) is 0. The maximum absolute atomic E-state index is 2.49. The number of para-hydroxylation sites is 6. The van der Waals surface area contributed by atoms with E-state index in [1.807, 2.05) is 11.3 Å². The van der Waals surface area contributed by atoms with Gasteiger partial charge in [-0.05, 0) is 84.9 Å². The second-order valence-electron chi connectivity index (χ2n) is 13.0. The van der Waals surface area contributed by atoms with Crippen molar-refractivity contribution in [2.75, 3.05) is 9.80 Å². The van der Waals surface area contributed by atoms with Crippen LogP contribution >= 0.6 is 11.3 Å². The van der Waals surface area contributed by atoms with E-state index in [1.54, 1.807) is 0 Å². The molecule has 10 aromatic rings.